The molecule has 1 amide bonds. The summed E-state index contributed by atoms with van der Waals surface area (Å²) in [6, 6.07) is 2.07. The summed E-state index contributed by atoms with van der Waals surface area (Å²) in [6.07, 6.45) is 3.28. The van der Waals surface area contributed by atoms with Gasteiger partial charge in [0.25, 0.3) is 0 Å². The first-order valence-electron chi connectivity index (χ1n) is 5.43. The molecule has 0 saturated heterocycles. The van der Waals surface area contributed by atoms with E-state index in [1.165, 1.54) is 0 Å². The second-order valence-corrected chi connectivity index (χ2v) is 4.53. The highest BCUT2D eigenvalue weighted by Crippen LogP contribution is 2.49. The van der Waals surface area contributed by atoms with Crippen LogP contribution < -0.4 is 0 Å². The highest BCUT2D eigenvalue weighted by molar-refractivity contribution is 7.80. The van der Waals surface area contributed by atoms with Crippen molar-refractivity contribution in [1.82, 2.24) is 4.90 Å². The van der Waals surface area contributed by atoms with Crippen molar-refractivity contribution in [2.45, 2.75) is 32.6 Å². The van der Waals surface area contributed by atoms with Crippen LogP contribution in [-0.2, 0) is 4.79 Å². The molecule has 1 fully saturated rings. The van der Waals surface area contributed by atoms with E-state index in [1.807, 2.05) is 6.92 Å². The first-order chi connectivity index (χ1) is 7.17. The molecule has 4 heteroatoms. The lowest BCUT2D eigenvalue weighted by Crippen LogP contribution is -2.33. The minimum Gasteiger partial charge on any atom is -0.342 e. The topological polar surface area (TPSA) is 44.1 Å². The first-order valence-corrected chi connectivity index (χ1v) is 6.06. The molecule has 0 aromatic carbocycles. The zero-order valence-electron chi connectivity index (χ0n) is 9.20. The van der Waals surface area contributed by atoms with Crippen LogP contribution >= 0.6 is 12.6 Å². The van der Waals surface area contributed by atoms with Crippen LogP contribution in [0, 0.1) is 16.7 Å². The molecule has 0 bridgehead atoms. The largest absolute Gasteiger partial charge is 0.342 e. The zero-order chi connectivity index (χ0) is 11.3. The van der Waals surface area contributed by atoms with Crippen molar-refractivity contribution in [3.8, 4) is 6.07 Å². The molecule has 0 atom stereocenters. The van der Waals surface area contributed by atoms with E-state index < -0.39 is 0 Å². The molecule has 0 N–H and O–H groups in total. The Kier molecular flexibility index (Phi) is 4.46. The number of hydrogen-bond donors (Lipinski definition) is 1. The molecule has 84 valence electrons. The fraction of sp³-hybridized carbons (Fsp3) is 0.818. The van der Waals surface area contributed by atoms with E-state index in [1.54, 1.807) is 4.90 Å². The van der Waals surface area contributed by atoms with Crippen molar-refractivity contribution >= 4 is 18.5 Å². The summed E-state index contributed by atoms with van der Waals surface area (Å²) >= 11 is 4.28. The number of rotatable bonds is 6. The van der Waals surface area contributed by atoms with Gasteiger partial charge in [-0.15, -0.1) is 0 Å². The number of nitriles is 1. The smallest absolute Gasteiger partial charge is 0.223 e. The molecule has 0 heterocycles. The van der Waals surface area contributed by atoms with Gasteiger partial charge in [0, 0.05) is 19.5 Å². The summed E-state index contributed by atoms with van der Waals surface area (Å²) in [5.74, 6) is 0.980. The Morgan fingerprint density at radius 3 is 2.67 bits per heavy atom. The number of amides is 1. The van der Waals surface area contributed by atoms with E-state index in [4.69, 9.17) is 5.26 Å². The quantitative estimate of drug-likeness (QED) is 0.702. The molecule has 0 spiro atoms. The Labute approximate surface area is 96.9 Å². The molecule has 0 radical (unpaired) electrons. The fourth-order valence-corrected chi connectivity index (χ4v) is 2.07. The third kappa shape index (κ3) is 3.42. The van der Waals surface area contributed by atoms with Gasteiger partial charge in [-0.25, -0.2) is 0 Å². The van der Waals surface area contributed by atoms with Crippen LogP contribution in [0.3, 0.4) is 0 Å². The number of thiol groups is 1. The molecule has 1 aliphatic carbocycles. The third-order valence-electron chi connectivity index (χ3n) is 3.05. The van der Waals surface area contributed by atoms with Gasteiger partial charge in [-0.2, -0.15) is 17.9 Å². The van der Waals surface area contributed by atoms with Crippen molar-refractivity contribution in [1.29, 1.82) is 5.26 Å². The van der Waals surface area contributed by atoms with Crippen molar-refractivity contribution in [3.63, 3.8) is 0 Å². The van der Waals surface area contributed by atoms with Gasteiger partial charge in [0.2, 0.25) is 5.91 Å². The van der Waals surface area contributed by atoms with Crippen LogP contribution in [0.2, 0.25) is 0 Å². The number of carbonyl (C=O) groups is 1. The van der Waals surface area contributed by atoms with Crippen molar-refractivity contribution < 1.29 is 4.79 Å². The average molecular weight is 226 g/mol. The maximum absolute atomic E-state index is 11.9. The van der Waals surface area contributed by atoms with Crippen LogP contribution in [0.5, 0.6) is 0 Å². The van der Waals surface area contributed by atoms with Crippen LogP contribution in [0.4, 0.5) is 0 Å². The van der Waals surface area contributed by atoms with Gasteiger partial charge in [0.05, 0.1) is 12.5 Å². The molecule has 1 rings (SSSR count). The van der Waals surface area contributed by atoms with E-state index >= 15 is 0 Å². The highest BCUT2D eigenvalue weighted by atomic mass is 32.1. The van der Waals surface area contributed by atoms with E-state index in [0.717, 1.165) is 18.6 Å². The van der Waals surface area contributed by atoms with Gasteiger partial charge in [-0.3, -0.25) is 4.79 Å². The first kappa shape index (κ1) is 12.4. The monoisotopic (exact) mass is 226 g/mol. The summed E-state index contributed by atoms with van der Waals surface area (Å²) in [7, 11) is 0. The molecule has 15 heavy (non-hydrogen) atoms. The van der Waals surface area contributed by atoms with Gasteiger partial charge in [-0.05, 0) is 30.9 Å². The maximum Gasteiger partial charge on any atom is 0.223 e. The number of hydrogen-bond acceptors (Lipinski definition) is 3. The van der Waals surface area contributed by atoms with E-state index in [-0.39, 0.29) is 11.3 Å². The Bertz CT molecular complexity index is 268. The molecular formula is C11H18N2OS. The maximum atomic E-state index is 11.9. The highest BCUT2D eigenvalue weighted by Gasteiger charge is 2.43. The van der Waals surface area contributed by atoms with Gasteiger partial charge in [-0.1, -0.05) is 0 Å². The predicted octanol–water partition coefficient (Wildman–Crippen LogP) is 1.85. The molecule has 0 aromatic heterocycles. The summed E-state index contributed by atoms with van der Waals surface area (Å²) in [4.78, 5) is 13.6. The molecule has 1 aliphatic rings. The Morgan fingerprint density at radius 2 is 2.27 bits per heavy atom. The van der Waals surface area contributed by atoms with Crippen LogP contribution in [0.1, 0.15) is 32.6 Å². The molecular weight excluding hydrogens is 208 g/mol. The SMILES string of the molecule is CCN(CCC#N)C(=O)CC1(CS)CC1. The Hall–Kier alpha value is -0.690. The van der Waals surface area contributed by atoms with Crippen molar-refractivity contribution in [3.05, 3.63) is 0 Å². The molecule has 0 unspecified atom stereocenters. The summed E-state index contributed by atoms with van der Waals surface area (Å²) < 4.78 is 0. The third-order valence-corrected chi connectivity index (χ3v) is 3.72. The van der Waals surface area contributed by atoms with Gasteiger partial charge in [0.15, 0.2) is 0 Å². The molecule has 0 aromatic rings. The predicted molar refractivity (Wildman–Crippen MR) is 62.6 cm³/mol. The van der Waals surface area contributed by atoms with Crippen LogP contribution in [-0.4, -0.2) is 29.6 Å². The standard InChI is InChI=1S/C11H18N2OS/c1-2-13(7-3-6-12)10(14)8-11(9-15)4-5-11/h15H,2-5,7-9H2,1H3. The second kappa shape index (κ2) is 5.41. The lowest BCUT2D eigenvalue weighted by atomic mass is 10.0. The summed E-state index contributed by atoms with van der Waals surface area (Å²) in [5.41, 5.74) is 0.181. The molecule has 3 nitrogen and oxygen atoms in total. The summed E-state index contributed by atoms with van der Waals surface area (Å²) in [6.45, 7) is 3.22. The van der Waals surface area contributed by atoms with Gasteiger partial charge < -0.3 is 4.90 Å². The Balaban J connectivity index is 2.40. The van der Waals surface area contributed by atoms with E-state index in [9.17, 15) is 4.79 Å². The average Bonchev–Trinajstić information content (AvgIpc) is 3.00. The lowest BCUT2D eigenvalue weighted by molar-refractivity contribution is -0.132. The minimum absolute atomic E-state index is 0.180. The van der Waals surface area contributed by atoms with E-state index in [0.29, 0.717) is 25.9 Å². The van der Waals surface area contributed by atoms with Crippen LogP contribution in [0.15, 0.2) is 0 Å². The molecule has 0 aliphatic heterocycles. The molecule has 1 saturated carbocycles. The van der Waals surface area contributed by atoms with Crippen molar-refractivity contribution in [2.75, 3.05) is 18.8 Å². The number of carbonyl (C=O) groups excluding carboxylic acids is 1. The summed E-state index contributed by atoms with van der Waals surface area (Å²) in [5, 5.41) is 8.48. The normalized spacial score (nSPS) is 16.9. The van der Waals surface area contributed by atoms with Gasteiger partial charge in [0.1, 0.15) is 0 Å². The lowest BCUT2D eigenvalue weighted by Gasteiger charge is -2.22. The Morgan fingerprint density at radius 1 is 1.60 bits per heavy atom. The van der Waals surface area contributed by atoms with Crippen molar-refractivity contribution in [2.24, 2.45) is 5.41 Å². The fourth-order valence-electron chi connectivity index (χ4n) is 1.64. The van der Waals surface area contributed by atoms with Crippen LogP contribution in [0.25, 0.3) is 0 Å². The zero-order valence-corrected chi connectivity index (χ0v) is 10.1. The second-order valence-electron chi connectivity index (χ2n) is 4.22. The van der Waals surface area contributed by atoms with E-state index in [2.05, 4.69) is 18.7 Å². The minimum atomic E-state index is 0.180. The van der Waals surface area contributed by atoms with Gasteiger partial charge >= 0.3 is 0 Å². The number of nitrogens with zero attached hydrogens (tertiary/aromatic N) is 2.